The molecule has 0 saturated heterocycles. The number of nitrogens with two attached hydrogens (primary N) is 1. The first-order chi connectivity index (χ1) is 8.63. The van der Waals surface area contributed by atoms with Crippen LogP contribution in [0.1, 0.15) is 31.0 Å². The Hall–Kier alpha value is -1.40. The van der Waals surface area contributed by atoms with E-state index in [2.05, 4.69) is 5.32 Å². The molecule has 0 aliphatic carbocycles. The van der Waals surface area contributed by atoms with Gasteiger partial charge in [-0.3, -0.25) is 4.79 Å². The van der Waals surface area contributed by atoms with E-state index >= 15 is 0 Å². The molecule has 3 N–H and O–H groups in total. The molecule has 104 valence electrons. The number of fused-ring (bicyclic) bond motifs is 1. The number of benzene rings is 1. The van der Waals surface area contributed by atoms with Crippen molar-refractivity contribution < 1.29 is 13.2 Å². The fourth-order valence-electron chi connectivity index (χ4n) is 2.07. The number of carbonyl (C=O) groups excluding carboxylic acids is 1. The van der Waals surface area contributed by atoms with Crippen molar-refractivity contribution in [2.45, 2.75) is 31.1 Å². The van der Waals surface area contributed by atoms with Gasteiger partial charge in [-0.05, 0) is 31.0 Å². The van der Waals surface area contributed by atoms with E-state index in [1.165, 1.54) is 6.26 Å². The molecule has 1 aliphatic heterocycles. The molecule has 1 aromatic carbocycles. The van der Waals surface area contributed by atoms with Crippen LogP contribution in [0.25, 0.3) is 0 Å². The zero-order valence-electron chi connectivity index (χ0n) is 11.2. The first-order valence-electron chi connectivity index (χ1n) is 6.01. The van der Waals surface area contributed by atoms with Gasteiger partial charge in [0.05, 0.1) is 11.2 Å². The van der Waals surface area contributed by atoms with Crippen molar-refractivity contribution in [3.05, 3.63) is 29.3 Å². The van der Waals surface area contributed by atoms with Gasteiger partial charge in [-0.15, -0.1) is 0 Å². The lowest BCUT2D eigenvalue weighted by molar-refractivity contribution is -0.115. The minimum atomic E-state index is -3.28. The summed E-state index contributed by atoms with van der Waals surface area (Å²) in [6.07, 6.45) is 1.50. The number of carbonyl (C=O) groups is 1. The summed E-state index contributed by atoms with van der Waals surface area (Å²) in [6.45, 7) is 3.23. The van der Waals surface area contributed by atoms with Gasteiger partial charge < -0.3 is 11.1 Å². The molecule has 0 spiro atoms. The van der Waals surface area contributed by atoms with E-state index in [9.17, 15) is 13.2 Å². The van der Waals surface area contributed by atoms with Crippen molar-refractivity contribution in [2.24, 2.45) is 5.73 Å². The Morgan fingerprint density at radius 3 is 2.58 bits per heavy atom. The lowest BCUT2D eigenvalue weighted by Gasteiger charge is -2.30. The third-order valence-corrected chi connectivity index (χ3v) is 5.98. The maximum Gasteiger partial charge on any atom is 0.228 e. The summed E-state index contributed by atoms with van der Waals surface area (Å²) < 4.78 is 22.6. The Kier molecular flexibility index (Phi) is 3.18. The standard InChI is InChI=1S/C13H18N2O3S/c1-13(2,19(3,17)18)12(14)8-4-5-10-9(6-8)7-11(16)15-10/h4-6,12H,7,14H2,1-3H3,(H,15,16). The van der Waals surface area contributed by atoms with Crippen LogP contribution in [-0.4, -0.2) is 25.3 Å². The second-order valence-corrected chi connectivity index (χ2v) is 8.09. The molecule has 1 heterocycles. The molecular weight excluding hydrogens is 264 g/mol. The average molecular weight is 282 g/mol. The van der Waals surface area contributed by atoms with Crippen LogP contribution in [0.3, 0.4) is 0 Å². The Morgan fingerprint density at radius 2 is 2.00 bits per heavy atom. The topological polar surface area (TPSA) is 89.3 Å². The van der Waals surface area contributed by atoms with E-state index in [1.54, 1.807) is 26.0 Å². The molecule has 2 rings (SSSR count). The van der Waals surface area contributed by atoms with Gasteiger partial charge in [-0.1, -0.05) is 12.1 Å². The lowest BCUT2D eigenvalue weighted by Crippen LogP contribution is -2.42. The monoisotopic (exact) mass is 282 g/mol. The quantitative estimate of drug-likeness (QED) is 0.865. The van der Waals surface area contributed by atoms with Crippen LogP contribution in [0.5, 0.6) is 0 Å². The Labute approximate surface area is 113 Å². The van der Waals surface area contributed by atoms with E-state index in [4.69, 9.17) is 5.73 Å². The number of anilines is 1. The molecule has 1 aromatic rings. The van der Waals surface area contributed by atoms with E-state index in [0.29, 0.717) is 6.42 Å². The minimum Gasteiger partial charge on any atom is -0.326 e. The number of amides is 1. The molecule has 0 aromatic heterocycles. The van der Waals surface area contributed by atoms with Gasteiger partial charge in [0, 0.05) is 18.0 Å². The SMILES string of the molecule is CC(C)(C(N)c1ccc2c(c1)CC(=O)N2)S(C)(=O)=O. The van der Waals surface area contributed by atoms with Crippen LogP contribution in [0, 0.1) is 0 Å². The summed E-state index contributed by atoms with van der Waals surface area (Å²) in [4.78, 5) is 11.3. The zero-order valence-corrected chi connectivity index (χ0v) is 12.0. The average Bonchev–Trinajstić information content (AvgIpc) is 2.65. The fourth-order valence-corrected chi connectivity index (χ4v) is 2.67. The van der Waals surface area contributed by atoms with Gasteiger partial charge in [0.25, 0.3) is 0 Å². The zero-order chi connectivity index (χ0) is 14.4. The van der Waals surface area contributed by atoms with Gasteiger partial charge in [0.15, 0.2) is 9.84 Å². The van der Waals surface area contributed by atoms with Crippen LogP contribution < -0.4 is 11.1 Å². The van der Waals surface area contributed by atoms with Crippen molar-refractivity contribution in [2.75, 3.05) is 11.6 Å². The van der Waals surface area contributed by atoms with Crippen molar-refractivity contribution in [3.63, 3.8) is 0 Å². The van der Waals surface area contributed by atoms with Crippen molar-refractivity contribution >= 4 is 21.4 Å². The molecule has 1 atom stereocenters. The molecule has 19 heavy (non-hydrogen) atoms. The Balaban J connectivity index is 2.39. The largest absolute Gasteiger partial charge is 0.326 e. The molecule has 6 heteroatoms. The van der Waals surface area contributed by atoms with E-state index in [0.717, 1.165) is 16.8 Å². The maximum absolute atomic E-state index is 11.8. The van der Waals surface area contributed by atoms with E-state index in [1.807, 2.05) is 6.07 Å². The van der Waals surface area contributed by atoms with Crippen molar-refractivity contribution in [3.8, 4) is 0 Å². The highest BCUT2D eigenvalue weighted by Crippen LogP contribution is 2.33. The number of hydrogen-bond donors (Lipinski definition) is 2. The first-order valence-corrected chi connectivity index (χ1v) is 7.90. The van der Waals surface area contributed by atoms with Crippen molar-refractivity contribution in [1.29, 1.82) is 0 Å². The van der Waals surface area contributed by atoms with Gasteiger partial charge in [-0.2, -0.15) is 0 Å². The molecule has 0 radical (unpaired) electrons. The third-order valence-electron chi connectivity index (χ3n) is 3.82. The van der Waals surface area contributed by atoms with Crippen LogP contribution in [-0.2, 0) is 21.1 Å². The Bertz CT molecular complexity index is 635. The normalized spacial score (nSPS) is 16.9. The van der Waals surface area contributed by atoms with Crippen molar-refractivity contribution in [1.82, 2.24) is 0 Å². The Morgan fingerprint density at radius 1 is 1.37 bits per heavy atom. The lowest BCUT2D eigenvalue weighted by atomic mass is 9.94. The molecule has 0 fully saturated rings. The smallest absolute Gasteiger partial charge is 0.228 e. The second kappa shape index (κ2) is 4.31. The molecule has 1 aliphatic rings. The highest BCUT2D eigenvalue weighted by molar-refractivity contribution is 7.92. The third kappa shape index (κ3) is 2.37. The molecule has 5 nitrogen and oxygen atoms in total. The number of hydrogen-bond acceptors (Lipinski definition) is 4. The molecular formula is C13H18N2O3S. The van der Waals surface area contributed by atoms with Gasteiger partial charge >= 0.3 is 0 Å². The molecule has 0 saturated carbocycles. The summed E-state index contributed by atoms with van der Waals surface area (Å²) in [5, 5.41) is 2.73. The number of nitrogens with one attached hydrogen (secondary N) is 1. The van der Waals surface area contributed by atoms with Gasteiger partial charge in [-0.25, -0.2) is 8.42 Å². The highest BCUT2D eigenvalue weighted by Gasteiger charge is 2.38. The predicted octanol–water partition coefficient (Wildman–Crippen LogP) is 1.00. The molecule has 1 unspecified atom stereocenters. The molecule has 0 bridgehead atoms. The van der Waals surface area contributed by atoms with Crippen LogP contribution in [0.4, 0.5) is 5.69 Å². The van der Waals surface area contributed by atoms with E-state index < -0.39 is 20.6 Å². The minimum absolute atomic E-state index is 0.0527. The van der Waals surface area contributed by atoms with Crippen LogP contribution in [0.2, 0.25) is 0 Å². The highest BCUT2D eigenvalue weighted by atomic mass is 32.2. The van der Waals surface area contributed by atoms with Gasteiger partial charge in [0.1, 0.15) is 0 Å². The summed E-state index contributed by atoms with van der Waals surface area (Å²) in [7, 11) is -3.28. The number of sulfone groups is 1. The first kappa shape index (κ1) is 14.0. The van der Waals surface area contributed by atoms with Crippen LogP contribution in [0.15, 0.2) is 18.2 Å². The van der Waals surface area contributed by atoms with Crippen LogP contribution >= 0.6 is 0 Å². The summed E-state index contributed by atoms with van der Waals surface area (Å²) in [6, 6.07) is 4.71. The summed E-state index contributed by atoms with van der Waals surface area (Å²) in [5.41, 5.74) is 8.47. The fraction of sp³-hybridized carbons (Fsp3) is 0.462. The molecule has 1 amide bonds. The summed E-state index contributed by atoms with van der Waals surface area (Å²) in [5.74, 6) is -0.0527. The second-order valence-electron chi connectivity index (χ2n) is 5.49. The number of rotatable bonds is 3. The van der Waals surface area contributed by atoms with E-state index in [-0.39, 0.29) is 5.91 Å². The van der Waals surface area contributed by atoms with Gasteiger partial charge in [0.2, 0.25) is 5.91 Å². The maximum atomic E-state index is 11.8. The predicted molar refractivity (Wildman–Crippen MR) is 74.6 cm³/mol. The summed E-state index contributed by atoms with van der Waals surface area (Å²) >= 11 is 0.